The molecule has 0 aliphatic rings. The molecule has 5 heterocycles. The van der Waals surface area contributed by atoms with Gasteiger partial charge in [0, 0.05) is 59.7 Å². The van der Waals surface area contributed by atoms with Gasteiger partial charge < -0.3 is 8.97 Å². The highest BCUT2D eigenvalue weighted by Gasteiger charge is 2.29. The summed E-state index contributed by atoms with van der Waals surface area (Å²) in [7, 11) is 0. The lowest BCUT2D eigenvalue weighted by molar-refractivity contribution is 1.01. The summed E-state index contributed by atoms with van der Waals surface area (Å²) in [6.45, 7) is 0. The molecule has 290 valence electrons. The Labute approximate surface area is 359 Å². The second-order valence-corrected chi connectivity index (χ2v) is 16.9. The number of nitrogens with zero attached hydrogens (tertiary/aromatic N) is 5. The molecule has 63 heavy (non-hydrogen) atoms. The summed E-state index contributed by atoms with van der Waals surface area (Å²) in [5.74, 6) is 0.637. The lowest BCUT2D eigenvalue weighted by Crippen LogP contribution is -2.05. The van der Waals surface area contributed by atoms with Gasteiger partial charge in [-0.3, -0.25) is 4.57 Å². The van der Waals surface area contributed by atoms with Crippen molar-refractivity contribution < 1.29 is 0 Å². The molecule has 0 spiro atoms. The van der Waals surface area contributed by atoms with Crippen molar-refractivity contribution in [3.63, 3.8) is 0 Å². The van der Waals surface area contributed by atoms with Crippen LogP contribution in [0.3, 0.4) is 0 Å². The molecule has 0 aliphatic heterocycles. The molecule has 0 saturated carbocycles. The number of hydrogen-bond donors (Lipinski definition) is 0. The number of fused-ring (bicyclic) bond motifs is 14. The highest BCUT2D eigenvalue weighted by Crippen LogP contribution is 2.50. The van der Waals surface area contributed by atoms with Gasteiger partial charge in [0.1, 0.15) is 0 Å². The molecule has 0 N–H and O–H groups in total. The maximum Gasteiger partial charge on any atom is 0.235 e. The fraction of sp³-hybridized carbons (Fsp3) is 0. The molecule has 5 nitrogen and oxygen atoms in total. The minimum Gasteiger partial charge on any atom is -0.308 e. The van der Waals surface area contributed by atoms with E-state index in [1.807, 2.05) is 0 Å². The summed E-state index contributed by atoms with van der Waals surface area (Å²) in [6, 6.07) is 72.8. The molecule has 0 atom stereocenters. The summed E-state index contributed by atoms with van der Waals surface area (Å²) < 4.78 is 7.42. The molecule has 0 amide bonds. The summed E-state index contributed by atoms with van der Waals surface area (Å²) in [5.41, 5.74) is 11.9. The van der Waals surface area contributed by atoms with E-state index in [0.29, 0.717) is 5.95 Å². The average molecular weight is 800 g/mol. The number of hydrogen-bond acceptors (Lipinski definition) is 2. The van der Waals surface area contributed by atoms with Crippen molar-refractivity contribution in [3.8, 4) is 22.9 Å². The summed E-state index contributed by atoms with van der Waals surface area (Å²) in [5, 5.41) is 15.4. The van der Waals surface area contributed by atoms with Crippen LogP contribution in [-0.4, -0.2) is 23.5 Å². The van der Waals surface area contributed by atoms with Crippen molar-refractivity contribution >= 4 is 114 Å². The molecule has 0 aliphatic carbocycles. The second-order valence-electron chi connectivity index (χ2n) is 16.9. The third-order valence-electron chi connectivity index (χ3n) is 13.7. The zero-order chi connectivity index (χ0) is 40.9. The van der Waals surface area contributed by atoms with Crippen LogP contribution in [0, 0.1) is 0 Å². The van der Waals surface area contributed by atoms with E-state index in [1.165, 1.54) is 64.9 Å². The molecule has 15 aromatic rings. The maximum atomic E-state index is 5.77. The fourth-order valence-electron chi connectivity index (χ4n) is 11.2. The van der Waals surface area contributed by atoms with Gasteiger partial charge in [-0.2, -0.15) is 0 Å². The topological polar surface area (TPSA) is 40.0 Å². The third-order valence-corrected chi connectivity index (χ3v) is 13.7. The lowest BCUT2D eigenvalue weighted by Gasteiger charge is -2.15. The van der Waals surface area contributed by atoms with E-state index in [-0.39, 0.29) is 0 Å². The van der Waals surface area contributed by atoms with Gasteiger partial charge in [0.15, 0.2) is 0 Å². The Hall–Kier alpha value is -8.54. The van der Waals surface area contributed by atoms with Crippen molar-refractivity contribution in [2.24, 2.45) is 0 Å². The number of para-hydroxylation sites is 4. The van der Waals surface area contributed by atoms with Crippen LogP contribution in [0.1, 0.15) is 0 Å². The Bertz CT molecular complexity index is 4420. The van der Waals surface area contributed by atoms with Crippen molar-refractivity contribution in [1.82, 2.24) is 23.5 Å². The van der Waals surface area contributed by atoms with E-state index in [9.17, 15) is 0 Å². The summed E-state index contributed by atoms with van der Waals surface area (Å²) >= 11 is 0. The van der Waals surface area contributed by atoms with Crippen molar-refractivity contribution in [2.45, 2.75) is 0 Å². The highest BCUT2D eigenvalue weighted by molar-refractivity contribution is 6.39. The first-order valence-electron chi connectivity index (χ1n) is 21.6. The van der Waals surface area contributed by atoms with Gasteiger partial charge in [-0.25, -0.2) is 9.97 Å². The largest absolute Gasteiger partial charge is 0.308 e. The van der Waals surface area contributed by atoms with E-state index >= 15 is 0 Å². The van der Waals surface area contributed by atoms with Crippen molar-refractivity contribution in [1.29, 1.82) is 0 Å². The van der Waals surface area contributed by atoms with Gasteiger partial charge in [-0.15, -0.1) is 0 Å². The van der Waals surface area contributed by atoms with Gasteiger partial charge in [-0.1, -0.05) is 158 Å². The van der Waals surface area contributed by atoms with E-state index in [0.717, 1.165) is 66.2 Å². The SMILES string of the molecule is c1ccc(-c2nc(-n3c4cc5ccccc5c5c6cccc7c8ccccc8n(c8cc9c%10ccccc%10n(-c%10ccccc%10)c9c3c8c54)c76)nc3ccc4ccccc4c23)cc1. The Balaban J connectivity index is 1.29. The highest BCUT2D eigenvalue weighted by atomic mass is 15.2. The molecule has 0 radical (unpaired) electrons. The number of benzene rings is 10. The Morgan fingerprint density at radius 3 is 1.76 bits per heavy atom. The average Bonchev–Trinajstić information content (AvgIpc) is 3.96. The third kappa shape index (κ3) is 4.25. The number of rotatable bonds is 3. The zero-order valence-corrected chi connectivity index (χ0v) is 33.8. The first-order chi connectivity index (χ1) is 31.3. The molecule has 10 aromatic carbocycles. The van der Waals surface area contributed by atoms with E-state index < -0.39 is 0 Å². The minimum absolute atomic E-state index is 0.637. The lowest BCUT2D eigenvalue weighted by atomic mass is 9.97. The van der Waals surface area contributed by atoms with Gasteiger partial charge in [-0.05, 0) is 64.0 Å². The first kappa shape index (κ1) is 33.2. The summed E-state index contributed by atoms with van der Waals surface area (Å²) in [6.07, 6.45) is 0. The van der Waals surface area contributed by atoms with E-state index in [1.54, 1.807) is 0 Å². The molecule has 0 saturated heterocycles. The first-order valence-corrected chi connectivity index (χ1v) is 21.6. The van der Waals surface area contributed by atoms with Gasteiger partial charge in [0.05, 0.1) is 49.8 Å². The number of aromatic nitrogens is 5. The van der Waals surface area contributed by atoms with E-state index in [4.69, 9.17) is 9.97 Å². The van der Waals surface area contributed by atoms with Gasteiger partial charge in [0.25, 0.3) is 0 Å². The second kappa shape index (κ2) is 12.1. The molecule has 0 fully saturated rings. The Morgan fingerprint density at radius 1 is 0.317 bits per heavy atom. The molecule has 15 rings (SSSR count). The van der Waals surface area contributed by atoms with Crippen LogP contribution in [0.15, 0.2) is 200 Å². The molecular formula is C58H33N5. The Kier molecular flexibility index (Phi) is 6.36. The maximum absolute atomic E-state index is 5.77. The van der Waals surface area contributed by atoms with Gasteiger partial charge in [0.2, 0.25) is 5.95 Å². The standard InChI is InChI=1S/C58H33N5/c1-3-17-35(18-4-1)54-51-38-22-9-7-16-34(38)30-31-45(51)59-58(60-54)63-48-32-36-19-8-10-23-39(36)50-43-27-15-26-42-40-24-11-14-29-47(40)62(55(42)43)49-33-44-41-25-12-13-28-46(41)61(37-20-5-2-6-21-37)56(44)57(63)53(49)52(48)50/h1-33H. The van der Waals surface area contributed by atoms with Crippen molar-refractivity contribution in [2.75, 3.05) is 0 Å². The van der Waals surface area contributed by atoms with Crippen LogP contribution in [0.25, 0.3) is 137 Å². The normalized spacial score (nSPS) is 12.4. The van der Waals surface area contributed by atoms with Crippen LogP contribution in [0.5, 0.6) is 0 Å². The molecular weight excluding hydrogens is 767 g/mol. The monoisotopic (exact) mass is 799 g/mol. The molecule has 0 unspecified atom stereocenters. The van der Waals surface area contributed by atoms with Crippen LogP contribution in [-0.2, 0) is 0 Å². The predicted octanol–water partition coefficient (Wildman–Crippen LogP) is 14.9. The fourth-order valence-corrected chi connectivity index (χ4v) is 11.2. The predicted molar refractivity (Wildman–Crippen MR) is 263 cm³/mol. The minimum atomic E-state index is 0.637. The quantitative estimate of drug-likeness (QED) is 0.167. The van der Waals surface area contributed by atoms with Crippen LogP contribution in [0.4, 0.5) is 0 Å². The zero-order valence-electron chi connectivity index (χ0n) is 33.8. The molecule has 0 bridgehead atoms. The van der Waals surface area contributed by atoms with Gasteiger partial charge >= 0.3 is 0 Å². The summed E-state index contributed by atoms with van der Waals surface area (Å²) in [4.78, 5) is 11.4. The van der Waals surface area contributed by atoms with E-state index in [2.05, 4.69) is 214 Å². The van der Waals surface area contributed by atoms with Crippen molar-refractivity contribution in [3.05, 3.63) is 200 Å². The Morgan fingerprint density at radius 2 is 0.952 bits per heavy atom. The smallest absolute Gasteiger partial charge is 0.235 e. The molecule has 5 aromatic heterocycles. The van der Waals surface area contributed by atoms with Crippen LogP contribution in [0.2, 0.25) is 0 Å². The van der Waals surface area contributed by atoms with Crippen LogP contribution >= 0.6 is 0 Å². The molecule has 5 heteroatoms. The van der Waals surface area contributed by atoms with Crippen LogP contribution < -0.4 is 0 Å².